The summed E-state index contributed by atoms with van der Waals surface area (Å²) in [5.41, 5.74) is 0. The molecule has 0 saturated carbocycles. The lowest BCUT2D eigenvalue weighted by atomic mass is 10.4. The van der Waals surface area contributed by atoms with Gasteiger partial charge >= 0.3 is 0 Å². The predicted octanol–water partition coefficient (Wildman–Crippen LogP) is 1.34. The Morgan fingerprint density at radius 2 is 1.83 bits per heavy atom. The van der Waals surface area contributed by atoms with E-state index in [4.69, 9.17) is 9.47 Å². The minimum atomic E-state index is -0.0626. The highest BCUT2D eigenvalue weighted by Crippen LogP contribution is 2.03. The van der Waals surface area contributed by atoms with Crippen LogP contribution in [0.2, 0.25) is 0 Å². The molecule has 0 saturated heterocycles. The zero-order valence-corrected chi connectivity index (χ0v) is 8.83. The van der Waals surface area contributed by atoms with Crippen LogP contribution >= 0.6 is 0 Å². The van der Waals surface area contributed by atoms with E-state index in [2.05, 4.69) is 4.90 Å². The van der Waals surface area contributed by atoms with Gasteiger partial charge in [0.25, 0.3) is 0 Å². The zero-order chi connectivity index (χ0) is 9.56. The molecule has 0 N–H and O–H groups in total. The molecule has 0 aliphatic rings. The van der Waals surface area contributed by atoms with E-state index in [0.717, 1.165) is 13.0 Å². The second kappa shape index (κ2) is 6.40. The lowest BCUT2D eigenvalue weighted by Crippen LogP contribution is -2.25. The standard InChI is InChI=1S/C9H21NO2/c1-8(2)12-9(11-5)6-7-10(3)4/h8-9H,6-7H2,1-5H3/t9-/m1/s1. The Hall–Kier alpha value is -0.120. The van der Waals surface area contributed by atoms with Crippen molar-refractivity contribution >= 4 is 0 Å². The summed E-state index contributed by atoms with van der Waals surface area (Å²) < 4.78 is 10.7. The van der Waals surface area contributed by atoms with Crippen molar-refractivity contribution < 1.29 is 9.47 Å². The van der Waals surface area contributed by atoms with Gasteiger partial charge in [0, 0.05) is 20.1 Å². The van der Waals surface area contributed by atoms with E-state index in [1.165, 1.54) is 0 Å². The number of ether oxygens (including phenoxy) is 2. The van der Waals surface area contributed by atoms with Gasteiger partial charge in [-0.3, -0.25) is 0 Å². The van der Waals surface area contributed by atoms with Crippen molar-refractivity contribution in [2.45, 2.75) is 32.7 Å². The Kier molecular flexibility index (Phi) is 6.34. The molecule has 0 aromatic heterocycles. The van der Waals surface area contributed by atoms with Gasteiger partial charge in [-0.15, -0.1) is 0 Å². The van der Waals surface area contributed by atoms with Crippen LogP contribution in [-0.2, 0) is 9.47 Å². The van der Waals surface area contributed by atoms with E-state index in [1.54, 1.807) is 7.11 Å². The number of rotatable bonds is 6. The van der Waals surface area contributed by atoms with Gasteiger partial charge < -0.3 is 14.4 Å². The normalized spacial score (nSPS) is 14.2. The summed E-state index contributed by atoms with van der Waals surface area (Å²) in [5.74, 6) is 0. The maximum absolute atomic E-state index is 5.50. The van der Waals surface area contributed by atoms with Gasteiger partial charge in [0.1, 0.15) is 0 Å². The van der Waals surface area contributed by atoms with Crippen molar-refractivity contribution in [1.82, 2.24) is 4.90 Å². The average Bonchev–Trinajstić information content (AvgIpc) is 1.97. The van der Waals surface area contributed by atoms with Gasteiger partial charge in [-0.2, -0.15) is 0 Å². The summed E-state index contributed by atoms with van der Waals surface area (Å²) in [6.07, 6.45) is 1.09. The highest BCUT2D eigenvalue weighted by molar-refractivity contribution is 4.50. The van der Waals surface area contributed by atoms with Crippen LogP contribution in [0.5, 0.6) is 0 Å². The number of nitrogens with zero attached hydrogens (tertiary/aromatic N) is 1. The maximum atomic E-state index is 5.50. The van der Waals surface area contributed by atoms with Crippen LogP contribution in [0.1, 0.15) is 20.3 Å². The van der Waals surface area contributed by atoms with E-state index < -0.39 is 0 Å². The lowest BCUT2D eigenvalue weighted by molar-refractivity contribution is -0.150. The van der Waals surface area contributed by atoms with Gasteiger partial charge in [-0.25, -0.2) is 0 Å². The first kappa shape index (κ1) is 11.9. The van der Waals surface area contributed by atoms with Crippen molar-refractivity contribution in [3.8, 4) is 0 Å². The Morgan fingerprint density at radius 1 is 1.25 bits per heavy atom. The highest BCUT2D eigenvalue weighted by Gasteiger charge is 2.09. The lowest BCUT2D eigenvalue weighted by Gasteiger charge is -2.20. The Labute approximate surface area is 75.6 Å². The molecule has 74 valence electrons. The quantitative estimate of drug-likeness (QED) is 0.569. The third-order valence-corrected chi connectivity index (χ3v) is 1.50. The average molecular weight is 175 g/mol. The Bertz CT molecular complexity index is 105. The van der Waals surface area contributed by atoms with Crippen LogP contribution in [0.15, 0.2) is 0 Å². The van der Waals surface area contributed by atoms with Crippen LogP contribution in [0.4, 0.5) is 0 Å². The SMILES string of the molecule is CO[C@@H](CCN(C)C)OC(C)C. The van der Waals surface area contributed by atoms with Crippen molar-refractivity contribution in [2.24, 2.45) is 0 Å². The first-order chi connectivity index (χ1) is 5.56. The van der Waals surface area contributed by atoms with Crippen molar-refractivity contribution in [1.29, 1.82) is 0 Å². The first-order valence-electron chi connectivity index (χ1n) is 4.39. The van der Waals surface area contributed by atoms with Crippen molar-refractivity contribution in [3.05, 3.63) is 0 Å². The molecule has 1 atom stereocenters. The van der Waals surface area contributed by atoms with E-state index in [0.29, 0.717) is 0 Å². The van der Waals surface area contributed by atoms with Crippen LogP contribution < -0.4 is 0 Å². The minimum absolute atomic E-state index is 0.0626. The summed E-state index contributed by atoms with van der Waals surface area (Å²) in [6.45, 7) is 5.02. The summed E-state index contributed by atoms with van der Waals surface area (Å²) in [5, 5.41) is 0. The summed E-state index contributed by atoms with van der Waals surface area (Å²) in [7, 11) is 5.77. The summed E-state index contributed by atoms with van der Waals surface area (Å²) in [6, 6.07) is 0. The molecule has 0 unspecified atom stereocenters. The molecule has 3 nitrogen and oxygen atoms in total. The Morgan fingerprint density at radius 3 is 2.17 bits per heavy atom. The zero-order valence-electron chi connectivity index (χ0n) is 8.83. The molecule has 0 aliphatic carbocycles. The summed E-state index contributed by atoms with van der Waals surface area (Å²) >= 11 is 0. The van der Waals surface area contributed by atoms with Gasteiger partial charge in [0.15, 0.2) is 6.29 Å². The predicted molar refractivity (Wildman–Crippen MR) is 50.2 cm³/mol. The topological polar surface area (TPSA) is 21.7 Å². The van der Waals surface area contributed by atoms with Gasteiger partial charge in [-0.05, 0) is 27.9 Å². The summed E-state index contributed by atoms with van der Waals surface area (Å²) in [4.78, 5) is 2.12. The maximum Gasteiger partial charge on any atom is 0.158 e. The fraction of sp³-hybridized carbons (Fsp3) is 1.00. The van der Waals surface area contributed by atoms with E-state index >= 15 is 0 Å². The van der Waals surface area contributed by atoms with Crippen molar-refractivity contribution in [2.75, 3.05) is 27.7 Å². The number of methoxy groups -OCH3 is 1. The molecular weight excluding hydrogens is 154 g/mol. The van der Waals surface area contributed by atoms with Gasteiger partial charge in [0.05, 0.1) is 6.10 Å². The highest BCUT2D eigenvalue weighted by atomic mass is 16.7. The molecule has 0 rings (SSSR count). The fourth-order valence-corrected chi connectivity index (χ4v) is 0.909. The molecular formula is C9H21NO2. The molecule has 0 aromatic carbocycles. The van der Waals surface area contributed by atoms with Crippen LogP contribution in [-0.4, -0.2) is 45.0 Å². The van der Waals surface area contributed by atoms with Crippen LogP contribution in [0, 0.1) is 0 Å². The van der Waals surface area contributed by atoms with Gasteiger partial charge in [0.2, 0.25) is 0 Å². The molecule has 0 aromatic rings. The molecule has 0 aliphatic heterocycles. The molecule has 0 amide bonds. The second-order valence-electron chi connectivity index (χ2n) is 3.44. The number of hydrogen-bond donors (Lipinski definition) is 0. The molecule has 0 spiro atoms. The monoisotopic (exact) mass is 175 g/mol. The van der Waals surface area contributed by atoms with E-state index in [9.17, 15) is 0 Å². The largest absolute Gasteiger partial charge is 0.356 e. The fourth-order valence-electron chi connectivity index (χ4n) is 0.909. The molecule has 0 bridgehead atoms. The van der Waals surface area contributed by atoms with Crippen molar-refractivity contribution in [3.63, 3.8) is 0 Å². The Balaban J connectivity index is 3.53. The minimum Gasteiger partial charge on any atom is -0.356 e. The molecule has 3 heteroatoms. The van der Waals surface area contributed by atoms with Crippen LogP contribution in [0.3, 0.4) is 0 Å². The third-order valence-electron chi connectivity index (χ3n) is 1.50. The molecule has 0 fully saturated rings. The molecule has 0 radical (unpaired) electrons. The second-order valence-corrected chi connectivity index (χ2v) is 3.44. The first-order valence-corrected chi connectivity index (χ1v) is 4.39. The third kappa shape index (κ3) is 6.58. The van der Waals surface area contributed by atoms with Gasteiger partial charge in [-0.1, -0.05) is 0 Å². The van der Waals surface area contributed by atoms with E-state index in [1.807, 2.05) is 27.9 Å². The van der Waals surface area contributed by atoms with Crippen LogP contribution in [0.25, 0.3) is 0 Å². The van der Waals surface area contributed by atoms with E-state index in [-0.39, 0.29) is 12.4 Å². The smallest absolute Gasteiger partial charge is 0.158 e. The molecule has 0 heterocycles. The number of hydrogen-bond acceptors (Lipinski definition) is 3. The molecule has 12 heavy (non-hydrogen) atoms.